The van der Waals surface area contributed by atoms with Gasteiger partial charge in [0.1, 0.15) is 11.4 Å². The number of Topliss-reactive ketones (excluding diaryl/α,β-unsaturated/α-hetero) is 1. The molecule has 3 N–H and O–H groups in total. The number of imide groups is 1. The van der Waals surface area contributed by atoms with Gasteiger partial charge in [0.15, 0.2) is 12.4 Å². The number of ether oxygens (including phenoxy) is 1. The first-order valence-electron chi connectivity index (χ1n) is 10.8. The Bertz CT molecular complexity index is 1120. The third-order valence-corrected chi connectivity index (χ3v) is 6.46. The summed E-state index contributed by atoms with van der Waals surface area (Å²) in [7, 11) is 1.22. The molecule has 2 bridgehead atoms. The Balaban J connectivity index is 1.46. The number of hydrogen-bond acceptors (Lipinski definition) is 7. The van der Waals surface area contributed by atoms with Crippen LogP contribution in [0.2, 0.25) is 5.02 Å². The number of nitrogens with one attached hydrogen (secondary N) is 1. The van der Waals surface area contributed by atoms with Crippen LogP contribution in [0.15, 0.2) is 36.5 Å². The van der Waals surface area contributed by atoms with E-state index >= 15 is 0 Å². The number of likely N-dealkylation sites (tertiary alicyclic amines) is 1. The number of nitrogens with two attached hydrogens (primary N) is 1. The van der Waals surface area contributed by atoms with Gasteiger partial charge in [-0.15, -0.1) is 0 Å². The van der Waals surface area contributed by atoms with Crippen molar-refractivity contribution in [2.45, 2.75) is 31.0 Å². The number of aromatic nitrogens is 1. The minimum atomic E-state index is -0.949. The molecular formula is C23H25ClFN5O4. The SMILES string of the molecule is CN(C(N)=O)C(=O)c1cc(Cl)cnc1OCC(=O)C12CCC(CN(Cc3ccc(F)cc3)C1)N2. The number of carbonyl (C=O) groups is 3. The quantitative estimate of drug-likeness (QED) is 0.610. The highest BCUT2D eigenvalue weighted by Gasteiger charge is 2.49. The Labute approximate surface area is 201 Å². The Kier molecular flexibility index (Phi) is 6.83. The largest absolute Gasteiger partial charge is 0.469 e. The predicted molar refractivity (Wildman–Crippen MR) is 122 cm³/mol. The number of benzene rings is 1. The first-order chi connectivity index (χ1) is 16.2. The van der Waals surface area contributed by atoms with Gasteiger partial charge in [-0.1, -0.05) is 23.7 Å². The average molecular weight is 490 g/mol. The van der Waals surface area contributed by atoms with Crippen molar-refractivity contribution in [2.75, 3.05) is 26.7 Å². The lowest BCUT2D eigenvalue weighted by Gasteiger charge is -2.40. The lowest BCUT2D eigenvalue weighted by atomic mass is 9.91. The van der Waals surface area contributed by atoms with Crippen molar-refractivity contribution in [3.8, 4) is 5.88 Å². The van der Waals surface area contributed by atoms with E-state index in [1.54, 1.807) is 12.1 Å². The molecule has 2 atom stereocenters. The molecule has 0 spiro atoms. The maximum atomic E-state index is 13.3. The van der Waals surface area contributed by atoms with Gasteiger partial charge in [-0.05, 0) is 36.6 Å². The second-order valence-electron chi connectivity index (χ2n) is 8.68. The molecule has 2 fully saturated rings. The Hall–Kier alpha value is -3.08. The fourth-order valence-electron chi connectivity index (χ4n) is 4.50. The van der Waals surface area contributed by atoms with Gasteiger partial charge in [0.05, 0.1) is 10.6 Å². The zero-order valence-corrected chi connectivity index (χ0v) is 19.3. The highest BCUT2D eigenvalue weighted by Crippen LogP contribution is 2.32. The molecule has 0 saturated carbocycles. The van der Waals surface area contributed by atoms with Crippen molar-refractivity contribution in [1.29, 1.82) is 0 Å². The number of ketones is 1. The molecule has 9 nitrogen and oxygen atoms in total. The highest BCUT2D eigenvalue weighted by molar-refractivity contribution is 6.31. The molecule has 1 aromatic heterocycles. The number of fused-ring (bicyclic) bond motifs is 2. The number of nitrogens with zero attached hydrogens (tertiary/aromatic N) is 3. The number of rotatable bonds is 7. The van der Waals surface area contributed by atoms with E-state index in [2.05, 4.69) is 15.2 Å². The fraction of sp³-hybridized carbons (Fsp3) is 0.391. The number of urea groups is 1. The number of carbonyl (C=O) groups excluding carboxylic acids is 3. The second kappa shape index (κ2) is 9.65. The van der Waals surface area contributed by atoms with Gasteiger partial charge in [-0.2, -0.15) is 0 Å². The molecule has 2 aromatic rings. The fourth-order valence-corrected chi connectivity index (χ4v) is 4.66. The van der Waals surface area contributed by atoms with E-state index in [0.717, 1.165) is 18.5 Å². The van der Waals surface area contributed by atoms with E-state index < -0.39 is 17.5 Å². The van der Waals surface area contributed by atoms with E-state index in [1.165, 1.54) is 31.4 Å². The van der Waals surface area contributed by atoms with Crippen LogP contribution >= 0.6 is 11.6 Å². The number of piperazine rings is 1. The Morgan fingerprint density at radius 1 is 1.35 bits per heavy atom. The van der Waals surface area contributed by atoms with E-state index in [-0.39, 0.29) is 40.7 Å². The summed E-state index contributed by atoms with van der Waals surface area (Å²) >= 11 is 5.96. The molecule has 2 saturated heterocycles. The molecule has 3 amide bonds. The zero-order chi connectivity index (χ0) is 24.5. The van der Waals surface area contributed by atoms with Crippen molar-refractivity contribution in [3.63, 3.8) is 0 Å². The van der Waals surface area contributed by atoms with Crippen LogP contribution in [0.4, 0.5) is 9.18 Å². The van der Waals surface area contributed by atoms with Crippen LogP contribution in [0, 0.1) is 5.82 Å². The Morgan fingerprint density at radius 2 is 2.09 bits per heavy atom. The molecule has 11 heteroatoms. The topological polar surface area (TPSA) is 118 Å². The first-order valence-corrected chi connectivity index (χ1v) is 11.2. The third-order valence-electron chi connectivity index (χ3n) is 6.25. The normalized spacial score (nSPS) is 21.8. The molecule has 2 aliphatic rings. The van der Waals surface area contributed by atoms with Gasteiger partial charge in [-0.25, -0.2) is 14.2 Å². The van der Waals surface area contributed by atoms with Crippen LogP contribution in [0.1, 0.15) is 28.8 Å². The van der Waals surface area contributed by atoms with Crippen molar-refractivity contribution < 1.29 is 23.5 Å². The number of halogens is 2. The van der Waals surface area contributed by atoms with Crippen LogP contribution in [0.3, 0.4) is 0 Å². The minimum Gasteiger partial charge on any atom is -0.469 e. The number of pyridine rings is 1. The summed E-state index contributed by atoms with van der Waals surface area (Å²) in [4.78, 5) is 44.2. The molecule has 34 heavy (non-hydrogen) atoms. The summed E-state index contributed by atoms with van der Waals surface area (Å²) in [6, 6.07) is 6.85. The summed E-state index contributed by atoms with van der Waals surface area (Å²) in [5.74, 6) is -1.31. The van der Waals surface area contributed by atoms with Crippen molar-refractivity contribution in [3.05, 3.63) is 58.5 Å². The van der Waals surface area contributed by atoms with Crippen LogP contribution in [0.25, 0.3) is 0 Å². The van der Waals surface area contributed by atoms with Gasteiger partial charge in [0, 0.05) is 38.9 Å². The van der Waals surface area contributed by atoms with E-state index in [1.807, 2.05) is 0 Å². The van der Waals surface area contributed by atoms with Crippen molar-refractivity contribution in [2.24, 2.45) is 5.73 Å². The monoisotopic (exact) mass is 489 g/mol. The maximum absolute atomic E-state index is 13.3. The second-order valence-corrected chi connectivity index (χ2v) is 9.12. The summed E-state index contributed by atoms with van der Waals surface area (Å²) in [6.45, 7) is 1.54. The van der Waals surface area contributed by atoms with Gasteiger partial charge < -0.3 is 10.5 Å². The molecule has 3 heterocycles. The smallest absolute Gasteiger partial charge is 0.321 e. The lowest BCUT2D eigenvalue weighted by molar-refractivity contribution is -0.129. The molecule has 4 rings (SSSR count). The molecule has 180 valence electrons. The van der Waals surface area contributed by atoms with Crippen LogP contribution in [-0.4, -0.2) is 70.8 Å². The van der Waals surface area contributed by atoms with E-state index in [9.17, 15) is 18.8 Å². The summed E-state index contributed by atoms with van der Waals surface area (Å²) in [6.07, 6.45) is 2.79. The van der Waals surface area contributed by atoms with Crippen LogP contribution in [-0.2, 0) is 11.3 Å². The molecule has 2 aliphatic heterocycles. The molecule has 1 aromatic carbocycles. The zero-order valence-electron chi connectivity index (χ0n) is 18.6. The van der Waals surface area contributed by atoms with Gasteiger partial charge >= 0.3 is 6.03 Å². The summed E-state index contributed by atoms with van der Waals surface area (Å²) in [5.41, 5.74) is 5.29. The summed E-state index contributed by atoms with van der Waals surface area (Å²) < 4.78 is 18.9. The third kappa shape index (κ3) is 5.03. The van der Waals surface area contributed by atoms with E-state index in [4.69, 9.17) is 22.1 Å². The molecule has 2 unspecified atom stereocenters. The van der Waals surface area contributed by atoms with Crippen molar-refractivity contribution in [1.82, 2.24) is 20.1 Å². The minimum absolute atomic E-state index is 0.0714. The molecule has 0 radical (unpaired) electrons. The Morgan fingerprint density at radius 3 is 2.79 bits per heavy atom. The standard InChI is InChI=1S/C23H25ClFN5O4/c1-29(22(26)33)21(32)18-8-15(24)9-27-20(18)34-12-19(31)23-7-6-17(28-23)11-30(13-23)10-14-2-4-16(25)5-3-14/h2-5,8-9,17,28H,6-7,10-13H2,1H3,(H2,26,33). The lowest BCUT2D eigenvalue weighted by Crippen LogP contribution is -2.64. The average Bonchev–Trinajstić information content (AvgIpc) is 3.13. The van der Waals surface area contributed by atoms with Gasteiger partial charge in [0.2, 0.25) is 5.88 Å². The molecular weight excluding hydrogens is 465 g/mol. The number of amides is 3. The highest BCUT2D eigenvalue weighted by atomic mass is 35.5. The van der Waals surface area contributed by atoms with Gasteiger partial charge in [-0.3, -0.25) is 24.7 Å². The predicted octanol–water partition coefficient (Wildman–Crippen LogP) is 1.98. The van der Waals surface area contributed by atoms with Crippen LogP contribution < -0.4 is 15.8 Å². The molecule has 0 aliphatic carbocycles. The first kappa shape index (κ1) is 24.1. The summed E-state index contributed by atoms with van der Waals surface area (Å²) in [5, 5.41) is 3.60. The number of hydrogen-bond donors (Lipinski definition) is 2. The van der Waals surface area contributed by atoms with Gasteiger partial charge in [0.25, 0.3) is 5.91 Å². The maximum Gasteiger partial charge on any atom is 0.321 e. The number of primary amides is 1. The van der Waals surface area contributed by atoms with E-state index in [0.29, 0.717) is 24.4 Å². The van der Waals surface area contributed by atoms with Crippen LogP contribution in [0.5, 0.6) is 5.88 Å². The van der Waals surface area contributed by atoms with Crippen molar-refractivity contribution >= 4 is 29.3 Å².